The first-order valence-corrected chi connectivity index (χ1v) is 7.56. The fourth-order valence-corrected chi connectivity index (χ4v) is 2.88. The van der Waals surface area contributed by atoms with Crippen LogP contribution in [0.15, 0.2) is 54.4 Å². The minimum atomic E-state index is -0.428. The van der Waals surface area contributed by atoms with Crippen LogP contribution in [0, 0.1) is 21.4 Å². The third-order valence-corrected chi connectivity index (χ3v) is 4.15. The van der Waals surface area contributed by atoms with Crippen LogP contribution < -0.4 is 5.73 Å². The van der Waals surface area contributed by atoms with Gasteiger partial charge in [-0.2, -0.15) is 5.26 Å². The minimum Gasteiger partial charge on any atom is -0.384 e. The zero-order chi connectivity index (χ0) is 17.1. The smallest absolute Gasteiger partial charge is 0.269 e. The molecule has 0 aromatic heterocycles. The maximum atomic E-state index is 11.0. The highest BCUT2D eigenvalue weighted by Gasteiger charge is 2.24. The summed E-state index contributed by atoms with van der Waals surface area (Å²) in [6.45, 7) is 1.10. The van der Waals surface area contributed by atoms with E-state index >= 15 is 0 Å². The van der Waals surface area contributed by atoms with Crippen molar-refractivity contribution < 1.29 is 4.92 Å². The average Bonchev–Trinajstić information content (AvgIpc) is 2.60. The van der Waals surface area contributed by atoms with Crippen LogP contribution in [0.5, 0.6) is 0 Å². The van der Waals surface area contributed by atoms with Crippen LogP contribution in [0.4, 0.5) is 5.69 Å². The lowest BCUT2D eigenvalue weighted by atomic mass is 9.95. The lowest BCUT2D eigenvalue weighted by molar-refractivity contribution is -0.384. The van der Waals surface area contributed by atoms with Crippen molar-refractivity contribution in [3.05, 3.63) is 81.2 Å². The Morgan fingerprint density at radius 1 is 1.25 bits per heavy atom. The maximum absolute atomic E-state index is 11.0. The number of nitriles is 1. The number of benzene rings is 2. The molecule has 0 atom stereocenters. The highest BCUT2D eigenvalue weighted by Crippen LogP contribution is 2.31. The predicted octanol–water partition coefficient (Wildman–Crippen LogP) is 2.80. The molecule has 0 unspecified atom stereocenters. The van der Waals surface area contributed by atoms with Gasteiger partial charge < -0.3 is 10.6 Å². The molecule has 0 spiro atoms. The summed E-state index contributed by atoms with van der Waals surface area (Å²) < 4.78 is 0. The fraction of sp³-hybridized carbons (Fsp3) is 0.167. The van der Waals surface area contributed by atoms with E-state index in [1.165, 1.54) is 17.7 Å². The number of hydrogen-bond donors (Lipinski definition) is 1. The van der Waals surface area contributed by atoms with Crippen molar-refractivity contribution in [1.29, 1.82) is 5.26 Å². The van der Waals surface area contributed by atoms with E-state index in [2.05, 4.69) is 6.07 Å². The SMILES string of the molecule is N#CC1=C(N)N(CCc2ccccc2)Cc2cc([N+](=O)[O-])ccc21. The van der Waals surface area contributed by atoms with Crippen LogP contribution in [0.25, 0.3) is 5.57 Å². The summed E-state index contributed by atoms with van der Waals surface area (Å²) in [7, 11) is 0. The summed E-state index contributed by atoms with van der Waals surface area (Å²) in [4.78, 5) is 12.5. The number of nitrogens with zero attached hydrogens (tertiary/aromatic N) is 3. The Bertz CT molecular complexity index is 853. The van der Waals surface area contributed by atoms with Crippen molar-refractivity contribution >= 4 is 11.3 Å². The van der Waals surface area contributed by atoms with Gasteiger partial charge in [-0.1, -0.05) is 30.3 Å². The third-order valence-electron chi connectivity index (χ3n) is 4.15. The molecule has 0 saturated carbocycles. The second kappa shape index (κ2) is 6.42. The van der Waals surface area contributed by atoms with Gasteiger partial charge in [0.15, 0.2) is 0 Å². The summed E-state index contributed by atoms with van der Waals surface area (Å²) in [5.41, 5.74) is 9.16. The van der Waals surface area contributed by atoms with Gasteiger partial charge in [-0.05, 0) is 23.6 Å². The van der Waals surface area contributed by atoms with Gasteiger partial charge in [0.25, 0.3) is 5.69 Å². The van der Waals surface area contributed by atoms with Crippen LogP contribution >= 0.6 is 0 Å². The number of nitrogens with two attached hydrogens (primary N) is 1. The Balaban J connectivity index is 1.89. The molecule has 2 aromatic rings. The van der Waals surface area contributed by atoms with Gasteiger partial charge >= 0.3 is 0 Å². The van der Waals surface area contributed by atoms with E-state index in [4.69, 9.17) is 5.73 Å². The Labute approximate surface area is 139 Å². The van der Waals surface area contributed by atoms with E-state index in [9.17, 15) is 15.4 Å². The molecule has 2 aromatic carbocycles. The third kappa shape index (κ3) is 2.92. The van der Waals surface area contributed by atoms with E-state index < -0.39 is 4.92 Å². The highest BCUT2D eigenvalue weighted by atomic mass is 16.6. The molecule has 2 N–H and O–H groups in total. The van der Waals surface area contributed by atoms with E-state index in [1.807, 2.05) is 35.2 Å². The van der Waals surface area contributed by atoms with Crippen molar-refractivity contribution in [2.45, 2.75) is 13.0 Å². The van der Waals surface area contributed by atoms with E-state index in [1.54, 1.807) is 6.07 Å². The molecule has 6 heteroatoms. The number of allylic oxidation sites excluding steroid dienone is 1. The first-order chi connectivity index (χ1) is 11.6. The summed E-state index contributed by atoms with van der Waals surface area (Å²) in [6, 6.07) is 16.6. The summed E-state index contributed by atoms with van der Waals surface area (Å²) >= 11 is 0. The predicted molar refractivity (Wildman–Crippen MR) is 90.4 cm³/mol. The van der Waals surface area contributed by atoms with Gasteiger partial charge in [-0.3, -0.25) is 10.1 Å². The lowest BCUT2D eigenvalue weighted by Crippen LogP contribution is -2.33. The Morgan fingerprint density at radius 3 is 2.67 bits per heavy atom. The lowest BCUT2D eigenvalue weighted by Gasteiger charge is -2.31. The van der Waals surface area contributed by atoms with Crippen molar-refractivity contribution in [3.63, 3.8) is 0 Å². The monoisotopic (exact) mass is 320 g/mol. The van der Waals surface area contributed by atoms with Crippen molar-refractivity contribution in [2.24, 2.45) is 5.73 Å². The van der Waals surface area contributed by atoms with Gasteiger partial charge in [-0.15, -0.1) is 0 Å². The topological polar surface area (TPSA) is 96.2 Å². The normalized spacial score (nSPS) is 13.4. The van der Waals surface area contributed by atoms with Crippen LogP contribution in [-0.2, 0) is 13.0 Å². The fourth-order valence-electron chi connectivity index (χ4n) is 2.88. The molecule has 1 heterocycles. The molecule has 0 bridgehead atoms. The molecule has 120 valence electrons. The molecule has 1 aliphatic heterocycles. The molecular weight excluding hydrogens is 304 g/mol. The molecule has 0 fully saturated rings. The quantitative estimate of drug-likeness (QED) is 0.690. The molecule has 24 heavy (non-hydrogen) atoms. The number of fused-ring (bicyclic) bond motifs is 1. The summed E-state index contributed by atoms with van der Waals surface area (Å²) in [5, 5.41) is 20.4. The molecule has 0 saturated heterocycles. The van der Waals surface area contributed by atoms with E-state index in [0.717, 1.165) is 12.0 Å². The summed E-state index contributed by atoms with van der Waals surface area (Å²) in [6.07, 6.45) is 0.782. The van der Waals surface area contributed by atoms with Crippen LogP contribution in [-0.4, -0.2) is 16.4 Å². The second-order valence-electron chi connectivity index (χ2n) is 5.63. The van der Waals surface area contributed by atoms with Crippen molar-refractivity contribution in [1.82, 2.24) is 4.90 Å². The van der Waals surface area contributed by atoms with Crippen molar-refractivity contribution in [3.8, 4) is 6.07 Å². The van der Waals surface area contributed by atoms with Gasteiger partial charge in [0.05, 0.1) is 10.5 Å². The molecule has 0 aliphatic carbocycles. The maximum Gasteiger partial charge on any atom is 0.269 e. The first kappa shape index (κ1) is 15.6. The zero-order valence-corrected chi connectivity index (χ0v) is 13.0. The van der Waals surface area contributed by atoms with Crippen molar-refractivity contribution in [2.75, 3.05) is 6.54 Å². The van der Waals surface area contributed by atoms with Crippen LogP contribution in [0.2, 0.25) is 0 Å². The van der Waals surface area contributed by atoms with Gasteiger partial charge in [0.1, 0.15) is 11.9 Å². The Kier molecular flexibility index (Phi) is 4.17. The second-order valence-corrected chi connectivity index (χ2v) is 5.63. The standard InChI is InChI=1S/C18H16N4O2/c19-11-17-16-7-6-15(22(23)24)10-14(16)12-21(18(17)20)9-8-13-4-2-1-3-5-13/h1-7,10H,8-9,12,20H2. The number of nitro benzene ring substituents is 1. The molecule has 1 aliphatic rings. The van der Waals surface area contributed by atoms with Gasteiger partial charge in [-0.25, -0.2) is 0 Å². The molecule has 0 amide bonds. The molecule has 0 radical (unpaired) electrons. The zero-order valence-electron chi connectivity index (χ0n) is 13.0. The molecule has 6 nitrogen and oxygen atoms in total. The molecule has 3 rings (SSSR count). The highest BCUT2D eigenvalue weighted by molar-refractivity contribution is 5.82. The number of nitro groups is 1. The largest absolute Gasteiger partial charge is 0.384 e. The van der Waals surface area contributed by atoms with Crippen LogP contribution in [0.1, 0.15) is 16.7 Å². The minimum absolute atomic E-state index is 0.0227. The van der Waals surface area contributed by atoms with E-state index in [-0.39, 0.29) is 5.69 Å². The molecular formula is C18H16N4O2. The summed E-state index contributed by atoms with van der Waals surface area (Å²) in [5.74, 6) is 0.426. The average molecular weight is 320 g/mol. The van der Waals surface area contributed by atoms with Gasteiger partial charge in [0, 0.05) is 30.8 Å². The number of hydrogen-bond acceptors (Lipinski definition) is 5. The Hall–Kier alpha value is -3.33. The Morgan fingerprint density at radius 2 is 2.00 bits per heavy atom. The van der Waals surface area contributed by atoms with E-state index in [0.29, 0.717) is 30.0 Å². The first-order valence-electron chi connectivity index (χ1n) is 7.56. The number of non-ortho nitro benzene ring substituents is 1. The van der Waals surface area contributed by atoms with Crippen LogP contribution in [0.3, 0.4) is 0 Å². The number of rotatable bonds is 4. The van der Waals surface area contributed by atoms with Gasteiger partial charge in [0.2, 0.25) is 0 Å².